The molecule has 0 saturated carbocycles. The molecule has 28 heavy (non-hydrogen) atoms. The first-order chi connectivity index (χ1) is 13.3. The van der Waals surface area contributed by atoms with Crippen LogP contribution < -0.4 is 10.6 Å². The minimum atomic E-state index is -0.323. The summed E-state index contributed by atoms with van der Waals surface area (Å²) in [6, 6.07) is 13.9. The van der Waals surface area contributed by atoms with Gasteiger partial charge in [0.2, 0.25) is 11.0 Å². The van der Waals surface area contributed by atoms with Gasteiger partial charge in [-0.2, -0.15) is 0 Å². The van der Waals surface area contributed by atoms with Crippen LogP contribution in [0.5, 0.6) is 0 Å². The molecule has 1 heterocycles. The summed E-state index contributed by atoms with van der Waals surface area (Å²) in [4.78, 5) is 12.4. The van der Waals surface area contributed by atoms with E-state index in [1.165, 1.54) is 35.2 Å². The Bertz CT molecular complexity index is 969. The second-order valence-electron chi connectivity index (χ2n) is 7.14. The molecule has 0 aliphatic carbocycles. The molecule has 8 heteroatoms. The molecule has 1 amide bonds. The number of carbonyl (C=O) groups is 1. The van der Waals surface area contributed by atoms with E-state index >= 15 is 0 Å². The van der Waals surface area contributed by atoms with Crippen molar-refractivity contribution < 1.29 is 9.18 Å². The molecule has 2 aromatic carbocycles. The summed E-state index contributed by atoms with van der Waals surface area (Å²) in [6.45, 7) is 6.34. The Balaban J connectivity index is 1.57. The van der Waals surface area contributed by atoms with Gasteiger partial charge in [0.15, 0.2) is 4.34 Å². The predicted molar refractivity (Wildman–Crippen MR) is 114 cm³/mol. The van der Waals surface area contributed by atoms with Gasteiger partial charge in [-0.1, -0.05) is 68.1 Å². The Morgan fingerprint density at radius 1 is 1.14 bits per heavy atom. The van der Waals surface area contributed by atoms with E-state index in [-0.39, 0.29) is 22.9 Å². The van der Waals surface area contributed by atoms with Crippen LogP contribution in [-0.4, -0.2) is 21.9 Å². The van der Waals surface area contributed by atoms with Gasteiger partial charge in [-0.05, 0) is 35.2 Å². The third-order valence-electron chi connectivity index (χ3n) is 3.82. The maximum absolute atomic E-state index is 13.2. The largest absolute Gasteiger partial charge is 0.330 e. The van der Waals surface area contributed by atoms with E-state index in [9.17, 15) is 9.18 Å². The van der Waals surface area contributed by atoms with Crippen LogP contribution in [0.1, 0.15) is 26.3 Å². The van der Waals surface area contributed by atoms with Crippen molar-refractivity contribution in [2.45, 2.75) is 30.5 Å². The zero-order valence-electron chi connectivity index (χ0n) is 15.8. The van der Waals surface area contributed by atoms with Crippen LogP contribution in [0.3, 0.4) is 0 Å². The Hall–Kier alpha value is -2.45. The van der Waals surface area contributed by atoms with E-state index < -0.39 is 0 Å². The molecule has 5 nitrogen and oxygen atoms in total. The van der Waals surface area contributed by atoms with Gasteiger partial charge in [0.25, 0.3) is 0 Å². The van der Waals surface area contributed by atoms with Gasteiger partial charge >= 0.3 is 0 Å². The molecule has 146 valence electrons. The fourth-order valence-electron chi connectivity index (χ4n) is 2.57. The number of nitrogens with zero attached hydrogens (tertiary/aromatic N) is 2. The Kier molecular flexibility index (Phi) is 6.31. The number of nitrogens with one attached hydrogen (secondary N) is 2. The average molecular weight is 417 g/mol. The summed E-state index contributed by atoms with van der Waals surface area (Å²) in [5.74, 6) is -0.194. The molecule has 0 atom stereocenters. The van der Waals surface area contributed by atoms with Crippen LogP contribution in [-0.2, 0) is 10.2 Å². The number of thioether (sulfide) groups is 1. The molecule has 0 fully saturated rings. The van der Waals surface area contributed by atoms with E-state index in [4.69, 9.17) is 0 Å². The molecule has 0 bridgehead atoms. The van der Waals surface area contributed by atoms with E-state index in [1.54, 1.807) is 12.1 Å². The Labute approximate surface area is 171 Å². The molecule has 1 aromatic heterocycles. The van der Waals surface area contributed by atoms with Crippen molar-refractivity contribution in [3.63, 3.8) is 0 Å². The van der Waals surface area contributed by atoms with Crippen LogP contribution in [0.2, 0.25) is 0 Å². The summed E-state index contributed by atoms with van der Waals surface area (Å²) >= 11 is 2.63. The van der Waals surface area contributed by atoms with Gasteiger partial charge in [-0.3, -0.25) is 4.79 Å². The van der Waals surface area contributed by atoms with E-state index in [1.807, 2.05) is 24.3 Å². The van der Waals surface area contributed by atoms with Crippen molar-refractivity contribution in [1.82, 2.24) is 10.2 Å². The van der Waals surface area contributed by atoms with Crippen molar-refractivity contribution in [3.8, 4) is 0 Å². The minimum absolute atomic E-state index is 0.0618. The Morgan fingerprint density at radius 2 is 1.93 bits per heavy atom. The number of hydrogen-bond acceptors (Lipinski definition) is 6. The first-order valence-corrected chi connectivity index (χ1v) is 10.5. The van der Waals surface area contributed by atoms with Gasteiger partial charge in [0.1, 0.15) is 5.82 Å². The minimum Gasteiger partial charge on any atom is -0.330 e. The van der Waals surface area contributed by atoms with Crippen molar-refractivity contribution in [2.24, 2.45) is 0 Å². The number of rotatable bonds is 6. The van der Waals surface area contributed by atoms with Crippen LogP contribution in [0.4, 0.5) is 20.9 Å². The van der Waals surface area contributed by atoms with Crippen molar-refractivity contribution in [1.29, 1.82) is 0 Å². The van der Waals surface area contributed by atoms with Crippen molar-refractivity contribution in [3.05, 3.63) is 59.9 Å². The summed E-state index contributed by atoms with van der Waals surface area (Å²) in [5, 5.41) is 14.6. The second-order valence-corrected chi connectivity index (χ2v) is 9.34. The van der Waals surface area contributed by atoms with Crippen LogP contribution >= 0.6 is 23.1 Å². The molecule has 0 saturated heterocycles. The van der Waals surface area contributed by atoms with Gasteiger partial charge < -0.3 is 10.6 Å². The lowest BCUT2D eigenvalue weighted by Crippen LogP contribution is -2.19. The standard InChI is InChI=1S/C20H21FN4OS2/c1-20(2,3)15-9-4-5-10-16(15)23-17(26)12-27-19-25-24-18(28-19)22-14-8-6-7-13(21)11-14/h4-11H,12H2,1-3H3,(H,22,24)(H,23,26). The highest BCUT2D eigenvalue weighted by atomic mass is 32.2. The van der Waals surface area contributed by atoms with Crippen LogP contribution in [0.15, 0.2) is 52.9 Å². The first-order valence-electron chi connectivity index (χ1n) is 8.69. The summed E-state index contributed by atoms with van der Waals surface area (Å²) < 4.78 is 13.9. The third kappa shape index (κ3) is 5.53. The van der Waals surface area contributed by atoms with Gasteiger partial charge in [0, 0.05) is 11.4 Å². The van der Waals surface area contributed by atoms with Gasteiger partial charge in [-0.15, -0.1) is 10.2 Å². The molecular weight excluding hydrogens is 395 g/mol. The maximum atomic E-state index is 13.2. The summed E-state index contributed by atoms with van der Waals surface area (Å²) in [5.41, 5.74) is 2.45. The monoisotopic (exact) mass is 416 g/mol. The fraction of sp³-hybridized carbons (Fsp3) is 0.250. The highest BCUT2D eigenvalue weighted by molar-refractivity contribution is 8.01. The topological polar surface area (TPSA) is 66.9 Å². The fourth-order valence-corrected chi connectivity index (χ4v) is 4.14. The predicted octanol–water partition coefficient (Wildman–Crippen LogP) is 5.45. The zero-order chi connectivity index (χ0) is 20.1. The molecule has 0 spiro atoms. The quantitative estimate of drug-likeness (QED) is 0.523. The number of halogens is 1. The number of anilines is 3. The lowest BCUT2D eigenvalue weighted by molar-refractivity contribution is -0.113. The van der Waals surface area contributed by atoms with E-state index in [0.29, 0.717) is 15.2 Å². The Morgan fingerprint density at radius 3 is 2.68 bits per heavy atom. The van der Waals surface area contributed by atoms with Crippen molar-refractivity contribution >= 4 is 45.5 Å². The molecule has 3 rings (SSSR count). The summed E-state index contributed by atoms with van der Waals surface area (Å²) in [7, 11) is 0. The molecule has 0 radical (unpaired) electrons. The first kappa shape index (κ1) is 20.3. The number of benzene rings is 2. The highest BCUT2D eigenvalue weighted by Crippen LogP contribution is 2.30. The van der Waals surface area contributed by atoms with Gasteiger partial charge in [0.05, 0.1) is 5.75 Å². The molecule has 0 aliphatic heterocycles. The van der Waals surface area contributed by atoms with E-state index in [2.05, 4.69) is 41.6 Å². The average Bonchev–Trinajstić information content (AvgIpc) is 3.07. The summed E-state index contributed by atoms with van der Waals surface area (Å²) in [6.07, 6.45) is 0. The maximum Gasteiger partial charge on any atom is 0.234 e. The van der Waals surface area contributed by atoms with Crippen LogP contribution in [0, 0.1) is 5.82 Å². The number of aromatic nitrogens is 2. The molecular formula is C20H21FN4OS2. The third-order valence-corrected chi connectivity index (χ3v) is 5.79. The highest BCUT2D eigenvalue weighted by Gasteiger charge is 2.18. The second kappa shape index (κ2) is 8.70. The molecule has 0 aliphatic rings. The normalized spacial score (nSPS) is 11.3. The SMILES string of the molecule is CC(C)(C)c1ccccc1NC(=O)CSc1nnc(Nc2cccc(F)c2)s1. The van der Waals surface area contributed by atoms with Gasteiger partial charge in [-0.25, -0.2) is 4.39 Å². The zero-order valence-corrected chi connectivity index (χ0v) is 17.5. The lowest BCUT2D eigenvalue weighted by atomic mass is 9.86. The number of amides is 1. The molecule has 3 aromatic rings. The number of carbonyl (C=O) groups excluding carboxylic acids is 1. The van der Waals surface area contributed by atoms with Crippen molar-refractivity contribution in [2.75, 3.05) is 16.4 Å². The smallest absolute Gasteiger partial charge is 0.234 e. The number of para-hydroxylation sites is 1. The van der Waals surface area contributed by atoms with Crippen LogP contribution in [0.25, 0.3) is 0 Å². The van der Waals surface area contributed by atoms with E-state index in [0.717, 1.165) is 11.3 Å². The lowest BCUT2D eigenvalue weighted by Gasteiger charge is -2.22. The molecule has 2 N–H and O–H groups in total. The number of hydrogen-bond donors (Lipinski definition) is 2. The molecule has 0 unspecified atom stereocenters.